The number of nitrogens with zero attached hydrogens (tertiary/aromatic N) is 1. The first-order chi connectivity index (χ1) is 7.70. The molecule has 4 nitrogen and oxygen atoms in total. The molecule has 2 heterocycles. The van der Waals surface area contributed by atoms with Gasteiger partial charge < -0.3 is 10.0 Å². The normalized spacial score (nSPS) is 30.4. The van der Waals surface area contributed by atoms with Gasteiger partial charge in [0.25, 0.3) is 0 Å². The fourth-order valence-electron chi connectivity index (χ4n) is 2.42. The highest BCUT2D eigenvalue weighted by Gasteiger charge is 2.36. The fraction of sp³-hybridized carbons (Fsp3) is 0.818. The monoisotopic (exact) mass is 243 g/mol. The third-order valence-corrected chi connectivity index (χ3v) is 4.51. The van der Waals surface area contributed by atoms with E-state index in [1.165, 1.54) is 0 Å². The molecule has 5 heteroatoms. The van der Waals surface area contributed by atoms with Crippen LogP contribution in [-0.4, -0.2) is 46.0 Å². The summed E-state index contributed by atoms with van der Waals surface area (Å²) in [6, 6.07) is -0.577. The standard InChI is InChI=1S/C11H17NO3S/c13-10(8-4-6-16-7-8)12-5-2-1-3-9(12)11(14)15/h8-9H,1-7H2,(H,14,15). The molecule has 0 bridgehead atoms. The Morgan fingerprint density at radius 3 is 2.69 bits per heavy atom. The molecule has 2 fully saturated rings. The van der Waals surface area contributed by atoms with Crippen LogP contribution in [0.25, 0.3) is 0 Å². The summed E-state index contributed by atoms with van der Waals surface area (Å²) in [4.78, 5) is 24.8. The van der Waals surface area contributed by atoms with Crippen molar-refractivity contribution in [1.82, 2.24) is 4.90 Å². The summed E-state index contributed by atoms with van der Waals surface area (Å²) in [6.45, 7) is 0.622. The van der Waals surface area contributed by atoms with Crippen LogP contribution in [0.1, 0.15) is 25.7 Å². The second-order valence-corrected chi connectivity index (χ2v) is 5.59. The van der Waals surface area contributed by atoms with Crippen molar-refractivity contribution in [1.29, 1.82) is 0 Å². The van der Waals surface area contributed by atoms with Gasteiger partial charge in [-0.3, -0.25) is 4.79 Å². The number of hydrogen-bond acceptors (Lipinski definition) is 3. The van der Waals surface area contributed by atoms with E-state index in [1.54, 1.807) is 16.7 Å². The van der Waals surface area contributed by atoms with Crippen LogP contribution in [0.4, 0.5) is 0 Å². The highest BCUT2D eigenvalue weighted by atomic mass is 32.2. The van der Waals surface area contributed by atoms with E-state index >= 15 is 0 Å². The lowest BCUT2D eigenvalue weighted by atomic mass is 9.99. The Morgan fingerprint density at radius 1 is 1.25 bits per heavy atom. The minimum Gasteiger partial charge on any atom is -0.480 e. The number of aliphatic carboxylic acids is 1. The number of carbonyl (C=O) groups is 2. The molecule has 90 valence electrons. The first kappa shape index (κ1) is 11.8. The highest BCUT2D eigenvalue weighted by Crippen LogP contribution is 2.28. The van der Waals surface area contributed by atoms with Crippen LogP contribution < -0.4 is 0 Å². The van der Waals surface area contributed by atoms with Gasteiger partial charge in [0.15, 0.2) is 0 Å². The summed E-state index contributed by atoms with van der Waals surface area (Å²) in [7, 11) is 0. The van der Waals surface area contributed by atoms with Gasteiger partial charge in [-0.1, -0.05) is 0 Å². The number of amides is 1. The lowest BCUT2D eigenvalue weighted by Crippen LogP contribution is -2.50. The van der Waals surface area contributed by atoms with E-state index in [9.17, 15) is 9.59 Å². The van der Waals surface area contributed by atoms with Gasteiger partial charge in [-0.15, -0.1) is 0 Å². The number of likely N-dealkylation sites (tertiary alicyclic amines) is 1. The minimum atomic E-state index is -0.848. The van der Waals surface area contributed by atoms with Crippen LogP contribution in [0, 0.1) is 5.92 Å². The molecule has 2 aliphatic heterocycles. The van der Waals surface area contributed by atoms with Crippen molar-refractivity contribution in [2.45, 2.75) is 31.7 Å². The molecule has 1 N–H and O–H groups in total. The lowest BCUT2D eigenvalue weighted by Gasteiger charge is -2.34. The van der Waals surface area contributed by atoms with Crippen molar-refractivity contribution < 1.29 is 14.7 Å². The third kappa shape index (κ3) is 2.34. The summed E-state index contributed by atoms with van der Waals surface area (Å²) in [5, 5.41) is 9.10. The maximum atomic E-state index is 12.2. The van der Waals surface area contributed by atoms with Crippen LogP contribution in [0.5, 0.6) is 0 Å². The Labute approximate surface area is 99.4 Å². The molecule has 0 aromatic carbocycles. The maximum absolute atomic E-state index is 12.2. The van der Waals surface area contributed by atoms with E-state index in [0.717, 1.165) is 30.8 Å². The Kier molecular flexibility index (Phi) is 3.74. The van der Waals surface area contributed by atoms with Gasteiger partial charge in [0, 0.05) is 18.2 Å². The van der Waals surface area contributed by atoms with E-state index in [2.05, 4.69) is 0 Å². The topological polar surface area (TPSA) is 57.6 Å². The van der Waals surface area contributed by atoms with Crippen molar-refractivity contribution in [3.8, 4) is 0 Å². The number of carboxylic acid groups (broad SMARTS) is 1. The van der Waals surface area contributed by atoms with Gasteiger partial charge in [-0.2, -0.15) is 11.8 Å². The molecule has 2 saturated heterocycles. The minimum absolute atomic E-state index is 0.0601. The zero-order valence-electron chi connectivity index (χ0n) is 9.22. The molecule has 2 atom stereocenters. The second-order valence-electron chi connectivity index (χ2n) is 4.44. The summed E-state index contributed by atoms with van der Waals surface area (Å²) in [5.74, 6) is 1.17. The van der Waals surface area contributed by atoms with Gasteiger partial charge in [0.05, 0.1) is 0 Å². The van der Waals surface area contributed by atoms with Crippen molar-refractivity contribution in [3.05, 3.63) is 0 Å². The molecule has 2 rings (SSSR count). The van der Waals surface area contributed by atoms with E-state index < -0.39 is 12.0 Å². The molecular weight excluding hydrogens is 226 g/mol. The van der Waals surface area contributed by atoms with Gasteiger partial charge in [0.1, 0.15) is 6.04 Å². The van der Waals surface area contributed by atoms with Crippen LogP contribution in [-0.2, 0) is 9.59 Å². The van der Waals surface area contributed by atoms with Crippen molar-refractivity contribution >= 4 is 23.6 Å². The maximum Gasteiger partial charge on any atom is 0.326 e. The van der Waals surface area contributed by atoms with Gasteiger partial charge in [-0.25, -0.2) is 4.79 Å². The first-order valence-electron chi connectivity index (χ1n) is 5.81. The number of carbonyl (C=O) groups excluding carboxylic acids is 1. The molecule has 0 aromatic heterocycles. The van der Waals surface area contributed by atoms with Crippen LogP contribution >= 0.6 is 11.8 Å². The molecule has 2 aliphatic rings. The largest absolute Gasteiger partial charge is 0.480 e. The predicted octanol–water partition coefficient (Wildman–Crippen LogP) is 1.21. The van der Waals surface area contributed by atoms with E-state index in [4.69, 9.17) is 5.11 Å². The Bertz CT molecular complexity index is 289. The number of rotatable bonds is 2. The van der Waals surface area contributed by atoms with Crippen molar-refractivity contribution in [2.75, 3.05) is 18.1 Å². The van der Waals surface area contributed by atoms with Crippen LogP contribution in [0.2, 0.25) is 0 Å². The quantitative estimate of drug-likeness (QED) is 0.792. The molecule has 0 radical (unpaired) electrons. The first-order valence-corrected chi connectivity index (χ1v) is 6.96. The Balaban J connectivity index is 2.04. The molecule has 0 aromatic rings. The van der Waals surface area contributed by atoms with Crippen LogP contribution in [0.3, 0.4) is 0 Å². The summed E-state index contributed by atoms with van der Waals surface area (Å²) >= 11 is 1.79. The molecular formula is C11H17NO3S. The zero-order valence-corrected chi connectivity index (χ0v) is 10.0. The van der Waals surface area contributed by atoms with E-state index in [1.807, 2.05) is 0 Å². The van der Waals surface area contributed by atoms with E-state index in [-0.39, 0.29) is 11.8 Å². The zero-order chi connectivity index (χ0) is 11.5. The lowest BCUT2D eigenvalue weighted by molar-refractivity contribution is -0.153. The Morgan fingerprint density at radius 2 is 2.06 bits per heavy atom. The average Bonchev–Trinajstić information content (AvgIpc) is 2.81. The van der Waals surface area contributed by atoms with Crippen molar-refractivity contribution in [2.24, 2.45) is 5.92 Å². The second kappa shape index (κ2) is 5.08. The third-order valence-electron chi connectivity index (χ3n) is 3.35. The molecule has 0 aliphatic carbocycles. The molecule has 0 saturated carbocycles. The van der Waals surface area contributed by atoms with Crippen LogP contribution in [0.15, 0.2) is 0 Å². The van der Waals surface area contributed by atoms with Crippen molar-refractivity contribution in [3.63, 3.8) is 0 Å². The Hall–Kier alpha value is -0.710. The molecule has 2 unspecified atom stereocenters. The predicted molar refractivity (Wildman–Crippen MR) is 62.4 cm³/mol. The summed E-state index contributed by atoms with van der Waals surface area (Å²) in [6.07, 6.45) is 3.38. The number of hydrogen-bond donors (Lipinski definition) is 1. The number of piperidine rings is 1. The fourth-order valence-corrected chi connectivity index (χ4v) is 3.63. The van der Waals surface area contributed by atoms with E-state index in [0.29, 0.717) is 13.0 Å². The molecule has 1 amide bonds. The summed E-state index contributed by atoms with van der Waals surface area (Å²) in [5.41, 5.74) is 0. The molecule has 0 spiro atoms. The summed E-state index contributed by atoms with van der Waals surface area (Å²) < 4.78 is 0. The molecule has 16 heavy (non-hydrogen) atoms. The SMILES string of the molecule is O=C(O)C1CCCCN1C(=O)C1CCSC1. The number of carboxylic acids is 1. The number of thioether (sulfide) groups is 1. The smallest absolute Gasteiger partial charge is 0.326 e. The van der Waals surface area contributed by atoms with Gasteiger partial charge >= 0.3 is 5.97 Å². The van der Waals surface area contributed by atoms with Gasteiger partial charge in [0.2, 0.25) is 5.91 Å². The van der Waals surface area contributed by atoms with Gasteiger partial charge in [-0.05, 0) is 31.4 Å². The highest BCUT2D eigenvalue weighted by molar-refractivity contribution is 7.99. The average molecular weight is 243 g/mol.